The van der Waals surface area contributed by atoms with Crippen LogP contribution in [0.1, 0.15) is 30.9 Å². The predicted octanol–water partition coefficient (Wildman–Crippen LogP) is 5.47. The summed E-state index contributed by atoms with van der Waals surface area (Å²) in [6.45, 7) is 3.87. The van der Waals surface area contributed by atoms with E-state index in [0.29, 0.717) is 10.8 Å². The van der Waals surface area contributed by atoms with Crippen LogP contribution in [0.25, 0.3) is 5.57 Å². The molecule has 1 aliphatic heterocycles. The van der Waals surface area contributed by atoms with Crippen LogP contribution in [0.4, 0.5) is 4.79 Å². The number of benzene rings is 2. The van der Waals surface area contributed by atoms with Gasteiger partial charge in [0.25, 0.3) is 0 Å². The van der Waals surface area contributed by atoms with Gasteiger partial charge in [0.2, 0.25) is 0 Å². The summed E-state index contributed by atoms with van der Waals surface area (Å²) < 4.78 is 10.2. The number of ether oxygens (including phenoxy) is 2. The van der Waals surface area contributed by atoms with E-state index in [4.69, 9.17) is 21.1 Å². The largest absolute Gasteiger partial charge is 0.513 e. The summed E-state index contributed by atoms with van der Waals surface area (Å²) in [5, 5.41) is 3.92. The molecular formula is C21H20ClNO3. The van der Waals surface area contributed by atoms with E-state index in [-0.39, 0.29) is 5.92 Å². The van der Waals surface area contributed by atoms with Gasteiger partial charge in [-0.15, -0.1) is 0 Å². The number of carbonyl (C=O) groups excluding carboxylic acids is 1. The Kier molecular flexibility index (Phi) is 5.33. The molecule has 3 rings (SSSR count). The molecule has 0 amide bonds. The molecule has 0 aliphatic carbocycles. The van der Waals surface area contributed by atoms with Crippen molar-refractivity contribution in [3.8, 4) is 0 Å². The number of dihydropyridines is 1. The van der Waals surface area contributed by atoms with Crippen LogP contribution in [-0.2, 0) is 9.47 Å². The first-order valence-electron chi connectivity index (χ1n) is 8.27. The Hall–Kier alpha value is -2.72. The quantitative estimate of drug-likeness (QED) is 0.728. The van der Waals surface area contributed by atoms with E-state index in [1.165, 1.54) is 7.11 Å². The highest BCUT2D eigenvalue weighted by Crippen LogP contribution is 2.45. The molecule has 5 heteroatoms. The molecule has 1 unspecified atom stereocenters. The highest BCUT2D eigenvalue weighted by molar-refractivity contribution is 6.31. The molecule has 0 radical (unpaired) electrons. The molecule has 0 spiro atoms. The Morgan fingerprint density at radius 1 is 1.00 bits per heavy atom. The van der Waals surface area contributed by atoms with Crippen LogP contribution in [0.3, 0.4) is 0 Å². The van der Waals surface area contributed by atoms with Gasteiger partial charge in [0, 0.05) is 10.7 Å². The third kappa shape index (κ3) is 3.46. The summed E-state index contributed by atoms with van der Waals surface area (Å²) in [5.74, 6) is 0.154. The topological polar surface area (TPSA) is 47.6 Å². The third-order valence-corrected chi connectivity index (χ3v) is 4.70. The van der Waals surface area contributed by atoms with Crippen molar-refractivity contribution in [3.63, 3.8) is 0 Å². The summed E-state index contributed by atoms with van der Waals surface area (Å²) in [6.07, 6.45) is -0.759. The van der Waals surface area contributed by atoms with E-state index in [1.807, 2.05) is 68.4 Å². The molecule has 0 fully saturated rings. The van der Waals surface area contributed by atoms with E-state index in [2.05, 4.69) is 5.32 Å². The van der Waals surface area contributed by atoms with Crippen LogP contribution in [-0.4, -0.2) is 13.3 Å². The molecule has 1 heterocycles. The van der Waals surface area contributed by atoms with Gasteiger partial charge in [-0.05, 0) is 36.6 Å². The number of methoxy groups -OCH3 is 1. The van der Waals surface area contributed by atoms with Gasteiger partial charge in [0.15, 0.2) is 0 Å². The lowest BCUT2D eigenvalue weighted by Gasteiger charge is -2.32. The van der Waals surface area contributed by atoms with Crippen LogP contribution in [0, 0.1) is 0 Å². The van der Waals surface area contributed by atoms with Gasteiger partial charge in [0.1, 0.15) is 5.76 Å². The van der Waals surface area contributed by atoms with Crippen LogP contribution < -0.4 is 5.32 Å². The molecule has 134 valence electrons. The third-order valence-electron chi connectivity index (χ3n) is 4.36. The van der Waals surface area contributed by atoms with Crippen molar-refractivity contribution in [2.45, 2.75) is 19.8 Å². The highest BCUT2D eigenvalue weighted by Gasteiger charge is 2.34. The second kappa shape index (κ2) is 7.67. The van der Waals surface area contributed by atoms with E-state index >= 15 is 0 Å². The molecule has 0 aromatic heterocycles. The van der Waals surface area contributed by atoms with Gasteiger partial charge in [0.05, 0.1) is 18.7 Å². The minimum absolute atomic E-state index is 0.327. The molecular weight excluding hydrogens is 350 g/mol. The maximum absolute atomic E-state index is 11.9. The number of hydrogen-bond acceptors (Lipinski definition) is 4. The molecule has 1 aliphatic rings. The Balaban J connectivity index is 2.21. The van der Waals surface area contributed by atoms with Crippen molar-refractivity contribution in [1.29, 1.82) is 0 Å². The van der Waals surface area contributed by atoms with Gasteiger partial charge in [-0.25, -0.2) is 4.79 Å². The Morgan fingerprint density at radius 2 is 1.65 bits per heavy atom. The van der Waals surface area contributed by atoms with Crippen molar-refractivity contribution in [2.24, 2.45) is 0 Å². The molecule has 4 nitrogen and oxygen atoms in total. The second-order valence-electron chi connectivity index (χ2n) is 6.03. The molecule has 0 bridgehead atoms. The molecule has 26 heavy (non-hydrogen) atoms. The summed E-state index contributed by atoms with van der Waals surface area (Å²) in [4.78, 5) is 11.9. The first-order valence-corrected chi connectivity index (χ1v) is 8.65. The molecule has 2 aromatic rings. The molecule has 2 aromatic carbocycles. The smallest absolute Gasteiger partial charge is 0.437 e. The van der Waals surface area contributed by atoms with Gasteiger partial charge in [-0.2, -0.15) is 0 Å². The minimum Gasteiger partial charge on any atom is -0.437 e. The average molecular weight is 370 g/mol. The summed E-state index contributed by atoms with van der Waals surface area (Å²) in [5.41, 5.74) is 4.63. The maximum atomic E-state index is 11.9. The van der Waals surface area contributed by atoms with Gasteiger partial charge in [-0.1, -0.05) is 60.1 Å². The number of nitrogens with one attached hydrogen (secondary N) is 1. The van der Waals surface area contributed by atoms with Crippen LogP contribution in [0.15, 0.2) is 71.8 Å². The van der Waals surface area contributed by atoms with E-state index in [9.17, 15) is 4.79 Å². The number of carbonyl (C=O) groups is 1. The minimum atomic E-state index is -0.759. The van der Waals surface area contributed by atoms with Crippen molar-refractivity contribution in [3.05, 3.63) is 87.9 Å². The first kappa shape index (κ1) is 18.1. The zero-order chi connectivity index (χ0) is 18.7. The molecule has 0 saturated carbocycles. The lowest BCUT2D eigenvalue weighted by Crippen LogP contribution is -2.26. The van der Waals surface area contributed by atoms with Gasteiger partial charge >= 0.3 is 6.16 Å². The molecule has 1 N–H and O–H groups in total. The lowest BCUT2D eigenvalue weighted by molar-refractivity contribution is 0.0929. The fraction of sp³-hybridized carbons (Fsp3) is 0.190. The van der Waals surface area contributed by atoms with E-state index in [0.717, 1.165) is 28.1 Å². The predicted molar refractivity (Wildman–Crippen MR) is 103 cm³/mol. The Bertz CT molecular complexity index is 887. The molecule has 0 saturated heterocycles. The zero-order valence-corrected chi connectivity index (χ0v) is 15.6. The number of rotatable bonds is 3. The summed E-state index contributed by atoms with van der Waals surface area (Å²) >= 11 is 6.50. The van der Waals surface area contributed by atoms with Gasteiger partial charge < -0.3 is 14.8 Å². The summed E-state index contributed by atoms with van der Waals surface area (Å²) in [6, 6.07) is 17.6. The van der Waals surface area contributed by atoms with Crippen LogP contribution in [0.2, 0.25) is 5.02 Å². The van der Waals surface area contributed by atoms with Gasteiger partial charge in [-0.3, -0.25) is 0 Å². The van der Waals surface area contributed by atoms with Crippen LogP contribution in [0.5, 0.6) is 0 Å². The van der Waals surface area contributed by atoms with E-state index < -0.39 is 6.16 Å². The number of hydrogen-bond donors (Lipinski definition) is 1. The normalized spacial score (nSPS) is 17.0. The first-order chi connectivity index (χ1) is 12.5. The zero-order valence-electron chi connectivity index (χ0n) is 14.9. The molecule has 1 atom stereocenters. The SMILES string of the molecule is COC(=O)OC1=C(C)NC(C)=C(c2ccccc2)C1c1ccccc1Cl. The Morgan fingerprint density at radius 3 is 2.31 bits per heavy atom. The van der Waals surface area contributed by atoms with Crippen molar-refractivity contribution in [2.75, 3.05) is 7.11 Å². The standard InChI is InChI=1S/C21H20ClNO3/c1-13-18(15-9-5-4-6-10-15)19(16-11-7-8-12-17(16)22)20(14(2)23-13)26-21(24)25-3/h4-12,19,23H,1-3H3. The van der Waals surface area contributed by atoms with E-state index in [1.54, 1.807) is 0 Å². The second-order valence-corrected chi connectivity index (χ2v) is 6.44. The fourth-order valence-electron chi connectivity index (χ4n) is 3.25. The summed E-state index contributed by atoms with van der Waals surface area (Å²) in [7, 11) is 1.29. The Labute approximate surface area is 158 Å². The average Bonchev–Trinajstić information content (AvgIpc) is 2.64. The highest BCUT2D eigenvalue weighted by atomic mass is 35.5. The maximum Gasteiger partial charge on any atom is 0.513 e. The fourth-order valence-corrected chi connectivity index (χ4v) is 3.49. The van der Waals surface area contributed by atoms with Crippen molar-refractivity contribution >= 4 is 23.3 Å². The number of allylic oxidation sites excluding steroid dienone is 3. The van der Waals surface area contributed by atoms with Crippen molar-refractivity contribution in [1.82, 2.24) is 5.32 Å². The van der Waals surface area contributed by atoms with Crippen LogP contribution >= 0.6 is 11.6 Å². The lowest BCUT2D eigenvalue weighted by atomic mass is 9.81. The number of halogens is 1. The monoisotopic (exact) mass is 369 g/mol. The van der Waals surface area contributed by atoms with Crippen molar-refractivity contribution < 1.29 is 14.3 Å².